The minimum atomic E-state index is -0.435. The molecule has 24 heavy (non-hydrogen) atoms. The van der Waals surface area contributed by atoms with Gasteiger partial charge in [-0.05, 0) is 12.3 Å². The highest BCUT2D eigenvalue weighted by Gasteiger charge is 2.02. The molecule has 0 spiro atoms. The topological polar surface area (TPSA) is 99.2 Å². The van der Waals surface area contributed by atoms with Gasteiger partial charge in [-0.3, -0.25) is 4.79 Å². The molecule has 134 valence electrons. The first kappa shape index (κ1) is 21.7. The van der Waals surface area contributed by atoms with Crippen molar-refractivity contribution in [3.05, 3.63) is 22.2 Å². The van der Waals surface area contributed by atoms with Crippen LogP contribution in [0.1, 0.15) is 39.7 Å². The zero-order chi connectivity index (χ0) is 18.5. The number of rotatable bonds is 6. The number of carbonyl (C=O) groups is 1. The highest BCUT2D eigenvalue weighted by molar-refractivity contribution is 5.77. The molecule has 0 aliphatic carbocycles. The van der Waals surface area contributed by atoms with Crippen LogP contribution in [0.4, 0.5) is 5.82 Å². The molecule has 1 rings (SSSR count). The zero-order valence-corrected chi connectivity index (χ0v) is 15.2. The van der Waals surface area contributed by atoms with E-state index in [0.29, 0.717) is 18.1 Å². The summed E-state index contributed by atoms with van der Waals surface area (Å²) in [6.45, 7) is 8.96. The maximum absolute atomic E-state index is 11.5. The molecular formula is C17H28N4O3. The van der Waals surface area contributed by atoms with Gasteiger partial charge in [0, 0.05) is 19.9 Å². The van der Waals surface area contributed by atoms with E-state index in [4.69, 9.17) is 10.5 Å². The van der Waals surface area contributed by atoms with Crippen LogP contribution in [0.3, 0.4) is 0 Å². The minimum absolute atomic E-state index is 0.0257. The van der Waals surface area contributed by atoms with E-state index in [0.717, 1.165) is 6.42 Å². The lowest BCUT2D eigenvalue weighted by molar-refractivity contribution is -0.125. The highest BCUT2D eigenvalue weighted by Crippen LogP contribution is 2.01. The molecular weight excluding hydrogens is 308 g/mol. The highest BCUT2D eigenvalue weighted by atomic mass is 16.5. The predicted molar refractivity (Wildman–Crippen MR) is 95.4 cm³/mol. The number of hydrogen-bond acceptors (Lipinski definition) is 5. The Labute approximate surface area is 143 Å². The molecule has 7 nitrogen and oxygen atoms in total. The molecule has 1 aromatic rings. The molecule has 1 heterocycles. The van der Waals surface area contributed by atoms with Crippen molar-refractivity contribution in [3.63, 3.8) is 0 Å². The second-order valence-corrected chi connectivity index (χ2v) is 5.25. The number of ether oxygens (including phenoxy) is 1. The molecule has 1 aromatic heterocycles. The minimum Gasteiger partial charge on any atom is -0.382 e. The van der Waals surface area contributed by atoms with Gasteiger partial charge in [-0.25, -0.2) is 4.79 Å². The molecule has 0 saturated heterocycles. The largest absolute Gasteiger partial charge is 0.382 e. The molecule has 0 aliphatic heterocycles. The van der Waals surface area contributed by atoms with Crippen molar-refractivity contribution in [3.8, 4) is 11.8 Å². The molecule has 7 heteroatoms. The van der Waals surface area contributed by atoms with Gasteiger partial charge in [-0.15, -0.1) is 0 Å². The van der Waals surface area contributed by atoms with Gasteiger partial charge in [-0.2, -0.15) is 4.98 Å². The fraction of sp³-hybridized carbons (Fsp3) is 0.588. The molecule has 0 fully saturated rings. The van der Waals surface area contributed by atoms with Crippen molar-refractivity contribution in [2.75, 3.05) is 25.5 Å². The van der Waals surface area contributed by atoms with E-state index < -0.39 is 5.69 Å². The summed E-state index contributed by atoms with van der Waals surface area (Å²) in [5.74, 6) is 5.94. The third-order valence-corrected chi connectivity index (χ3v) is 2.79. The average molecular weight is 336 g/mol. The maximum atomic E-state index is 11.5. The smallest absolute Gasteiger partial charge is 0.349 e. The van der Waals surface area contributed by atoms with Crippen LogP contribution in [0.25, 0.3) is 0 Å². The van der Waals surface area contributed by atoms with E-state index in [1.165, 1.54) is 10.8 Å². The second-order valence-electron chi connectivity index (χ2n) is 5.25. The van der Waals surface area contributed by atoms with E-state index in [-0.39, 0.29) is 24.9 Å². The summed E-state index contributed by atoms with van der Waals surface area (Å²) in [5.41, 5.74) is 5.62. The van der Waals surface area contributed by atoms with E-state index in [1.807, 2.05) is 13.8 Å². The SMILES string of the molecule is CC.CC(C)CCOCC(=O)NCC#Cc1cn(C)c(=O)nc1N. The van der Waals surface area contributed by atoms with Crippen molar-refractivity contribution < 1.29 is 9.53 Å². The lowest BCUT2D eigenvalue weighted by Gasteiger charge is -2.05. The van der Waals surface area contributed by atoms with Crippen molar-refractivity contribution in [1.82, 2.24) is 14.9 Å². The number of nitrogen functional groups attached to an aromatic ring is 1. The third-order valence-electron chi connectivity index (χ3n) is 2.79. The molecule has 0 atom stereocenters. The van der Waals surface area contributed by atoms with Crippen molar-refractivity contribution in [1.29, 1.82) is 0 Å². The van der Waals surface area contributed by atoms with Gasteiger partial charge in [0.15, 0.2) is 0 Å². The number of aryl methyl sites for hydroxylation is 1. The standard InChI is InChI=1S/C15H22N4O3.C2H6/c1-11(2)6-8-22-10-13(20)17-7-4-5-12-9-19(3)15(21)18-14(12)16;1-2/h9,11H,6-8,10H2,1-3H3,(H,17,20)(H2,16,18,21);1-2H3. The van der Waals surface area contributed by atoms with E-state index >= 15 is 0 Å². The van der Waals surface area contributed by atoms with Gasteiger partial charge in [-0.1, -0.05) is 39.5 Å². The van der Waals surface area contributed by atoms with Crippen LogP contribution in [-0.2, 0) is 16.6 Å². The van der Waals surface area contributed by atoms with Gasteiger partial charge in [0.1, 0.15) is 12.4 Å². The summed E-state index contributed by atoms with van der Waals surface area (Å²) in [7, 11) is 1.57. The van der Waals surface area contributed by atoms with Gasteiger partial charge >= 0.3 is 5.69 Å². The normalized spacial score (nSPS) is 9.58. The Kier molecular flexibility index (Phi) is 11.0. The molecule has 0 unspecified atom stereocenters. The summed E-state index contributed by atoms with van der Waals surface area (Å²) >= 11 is 0. The third kappa shape index (κ3) is 8.96. The number of hydrogen-bond donors (Lipinski definition) is 2. The monoisotopic (exact) mass is 336 g/mol. The summed E-state index contributed by atoms with van der Waals surface area (Å²) in [4.78, 5) is 26.3. The first-order chi connectivity index (χ1) is 11.4. The summed E-state index contributed by atoms with van der Waals surface area (Å²) in [6.07, 6.45) is 2.43. The quantitative estimate of drug-likeness (QED) is 0.594. The van der Waals surface area contributed by atoms with Crippen LogP contribution in [-0.4, -0.2) is 35.2 Å². The van der Waals surface area contributed by atoms with Crippen molar-refractivity contribution in [2.45, 2.75) is 34.1 Å². The van der Waals surface area contributed by atoms with Crippen LogP contribution in [0, 0.1) is 17.8 Å². The molecule has 0 saturated carbocycles. The number of nitrogens with one attached hydrogen (secondary N) is 1. The van der Waals surface area contributed by atoms with Gasteiger partial charge in [0.05, 0.1) is 12.1 Å². The number of anilines is 1. The Hall–Kier alpha value is -2.33. The maximum Gasteiger partial charge on any atom is 0.349 e. The number of carbonyl (C=O) groups excluding carboxylic acids is 1. The van der Waals surface area contributed by atoms with E-state index in [9.17, 15) is 9.59 Å². The molecule has 0 aromatic carbocycles. The average Bonchev–Trinajstić information content (AvgIpc) is 2.54. The van der Waals surface area contributed by atoms with Crippen LogP contribution in [0.15, 0.2) is 11.0 Å². The van der Waals surface area contributed by atoms with E-state index in [2.05, 4.69) is 36.0 Å². The molecule has 0 aliphatic rings. The van der Waals surface area contributed by atoms with Gasteiger partial charge < -0.3 is 20.4 Å². The van der Waals surface area contributed by atoms with Crippen molar-refractivity contribution in [2.24, 2.45) is 13.0 Å². The Morgan fingerprint density at radius 3 is 2.75 bits per heavy atom. The first-order valence-corrected chi connectivity index (χ1v) is 8.06. The fourth-order valence-electron chi connectivity index (χ4n) is 1.47. The molecule has 0 radical (unpaired) electrons. The predicted octanol–water partition coefficient (Wildman–Crippen LogP) is 0.919. The van der Waals surface area contributed by atoms with Crippen molar-refractivity contribution >= 4 is 11.7 Å². The number of nitrogens with two attached hydrogens (primary N) is 1. The fourth-order valence-corrected chi connectivity index (χ4v) is 1.47. The lowest BCUT2D eigenvalue weighted by Crippen LogP contribution is -2.28. The molecule has 1 amide bonds. The summed E-state index contributed by atoms with van der Waals surface area (Å²) in [6, 6.07) is 0. The van der Waals surface area contributed by atoms with Crippen LogP contribution in [0.5, 0.6) is 0 Å². The number of nitrogens with zero attached hydrogens (tertiary/aromatic N) is 2. The summed E-state index contributed by atoms with van der Waals surface area (Å²) in [5, 5.41) is 2.62. The number of amides is 1. The Morgan fingerprint density at radius 2 is 2.12 bits per heavy atom. The summed E-state index contributed by atoms with van der Waals surface area (Å²) < 4.78 is 6.53. The number of aromatic nitrogens is 2. The van der Waals surface area contributed by atoms with Crippen LogP contribution in [0.2, 0.25) is 0 Å². The van der Waals surface area contributed by atoms with Gasteiger partial charge in [0.25, 0.3) is 0 Å². The zero-order valence-electron chi connectivity index (χ0n) is 15.2. The second kappa shape index (κ2) is 12.1. The van der Waals surface area contributed by atoms with E-state index in [1.54, 1.807) is 7.05 Å². The first-order valence-electron chi connectivity index (χ1n) is 8.06. The van der Waals surface area contributed by atoms with Crippen LogP contribution >= 0.6 is 0 Å². The Bertz CT molecular complexity index is 627. The molecule has 3 N–H and O–H groups in total. The van der Waals surface area contributed by atoms with Gasteiger partial charge in [0.2, 0.25) is 5.91 Å². The Balaban J connectivity index is 0.00000254. The van der Waals surface area contributed by atoms with Crippen LogP contribution < -0.4 is 16.7 Å². The molecule has 0 bridgehead atoms. The Morgan fingerprint density at radius 1 is 1.46 bits per heavy atom. The lowest BCUT2D eigenvalue weighted by atomic mass is 10.1.